The van der Waals surface area contributed by atoms with Gasteiger partial charge in [0.2, 0.25) is 5.91 Å². The van der Waals surface area contributed by atoms with E-state index in [1.54, 1.807) is 23.5 Å². The quantitative estimate of drug-likeness (QED) is 0.563. The standard InChI is InChI=1S/C24H27FN4OS/c25-20-6-2-1-5-18(20)15-29(19-9-10-19)24(30)17-28-13-11-27(12-14-28)16-23-26-21-7-3-4-8-22(21)31-23/h1-8,19H,9-17H2. The summed E-state index contributed by atoms with van der Waals surface area (Å²) in [5.41, 5.74) is 1.67. The zero-order chi connectivity index (χ0) is 21.2. The molecule has 0 spiro atoms. The minimum Gasteiger partial charge on any atom is -0.334 e. The van der Waals surface area contributed by atoms with Crippen LogP contribution in [0.2, 0.25) is 0 Å². The maximum Gasteiger partial charge on any atom is 0.237 e. The van der Waals surface area contributed by atoms with Crippen LogP contribution in [0.25, 0.3) is 10.2 Å². The molecule has 5 rings (SSSR count). The van der Waals surface area contributed by atoms with Crippen molar-refractivity contribution in [2.24, 2.45) is 0 Å². The summed E-state index contributed by atoms with van der Waals surface area (Å²) in [6.07, 6.45) is 2.05. The highest BCUT2D eigenvalue weighted by Gasteiger charge is 2.34. The molecule has 1 aliphatic heterocycles. The molecule has 0 unspecified atom stereocenters. The van der Waals surface area contributed by atoms with Crippen molar-refractivity contribution in [2.75, 3.05) is 32.7 Å². The van der Waals surface area contributed by atoms with E-state index in [1.165, 1.54) is 10.8 Å². The Morgan fingerprint density at radius 2 is 1.74 bits per heavy atom. The SMILES string of the molecule is O=C(CN1CCN(Cc2nc3ccccc3s2)CC1)N(Cc1ccccc1F)C1CC1. The zero-order valence-electron chi connectivity index (χ0n) is 17.5. The van der Waals surface area contributed by atoms with Crippen molar-refractivity contribution in [3.63, 3.8) is 0 Å². The van der Waals surface area contributed by atoms with Gasteiger partial charge in [0, 0.05) is 44.3 Å². The maximum atomic E-state index is 14.1. The molecule has 0 radical (unpaired) electrons. The monoisotopic (exact) mass is 438 g/mol. The number of para-hydroxylation sites is 1. The van der Waals surface area contributed by atoms with Gasteiger partial charge in [-0.05, 0) is 31.0 Å². The van der Waals surface area contributed by atoms with Gasteiger partial charge in [-0.15, -0.1) is 11.3 Å². The molecule has 1 saturated carbocycles. The molecule has 1 aliphatic carbocycles. The Kier molecular flexibility index (Phi) is 5.98. The Hall–Kier alpha value is -2.35. The van der Waals surface area contributed by atoms with Gasteiger partial charge in [0.25, 0.3) is 0 Å². The van der Waals surface area contributed by atoms with E-state index >= 15 is 0 Å². The molecule has 1 aromatic heterocycles. The molecule has 2 heterocycles. The van der Waals surface area contributed by atoms with E-state index in [-0.39, 0.29) is 17.8 Å². The number of fused-ring (bicyclic) bond motifs is 1. The number of hydrogen-bond acceptors (Lipinski definition) is 5. The second-order valence-corrected chi connectivity index (χ2v) is 9.59. The van der Waals surface area contributed by atoms with Crippen molar-refractivity contribution >= 4 is 27.5 Å². The Bertz CT molecular complexity index is 1030. The number of amides is 1. The normalized spacial score (nSPS) is 17.8. The van der Waals surface area contributed by atoms with Crippen molar-refractivity contribution in [1.29, 1.82) is 0 Å². The number of piperazine rings is 1. The van der Waals surface area contributed by atoms with E-state index in [9.17, 15) is 9.18 Å². The summed E-state index contributed by atoms with van der Waals surface area (Å²) < 4.78 is 15.3. The van der Waals surface area contributed by atoms with Crippen LogP contribution in [0.5, 0.6) is 0 Å². The van der Waals surface area contributed by atoms with Crippen LogP contribution in [0.4, 0.5) is 4.39 Å². The first-order valence-electron chi connectivity index (χ1n) is 11.0. The largest absolute Gasteiger partial charge is 0.334 e. The number of aromatic nitrogens is 1. The van der Waals surface area contributed by atoms with Gasteiger partial charge in [0.1, 0.15) is 10.8 Å². The average Bonchev–Trinajstić information content (AvgIpc) is 3.53. The van der Waals surface area contributed by atoms with Gasteiger partial charge in [-0.2, -0.15) is 0 Å². The van der Waals surface area contributed by atoms with Gasteiger partial charge in [0.15, 0.2) is 0 Å². The fraction of sp³-hybridized carbons (Fsp3) is 0.417. The molecule has 0 bridgehead atoms. The van der Waals surface area contributed by atoms with E-state index < -0.39 is 0 Å². The highest BCUT2D eigenvalue weighted by Crippen LogP contribution is 2.29. The molecule has 2 aliphatic rings. The Morgan fingerprint density at radius 1 is 1.03 bits per heavy atom. The number of halogens is 1. The van der Waals surface area contributed by atoms with Crippen LogP contribution >= 0.6 is 11.3 Å². The summed E-state index contributed by atoms with van der Waals surface area (Å²) in [5, 5.41) is 1.15. The van der Waals surface area contributed by atoms with Crippen LogP contribution < -0.4 is 0 Å². The van der Waals surface area contributed by atoms with Gasteiger partial charge in [-0.25, -0.2) is 9.37 Å². The summed E-state index contributed by atoms with van der Waals surface area (Å²) in [6.45, 7) is 5.25. The fourth-order valence-corrected chi connectivity index (χ4v) is 5.19. The summed E-state index contributed by atoms with van der Waals surface area (Å²) in [4.78, 5) is 24.3. The fourth-order valence-electron chi connectivity index (χ4n) is 4.18. The van der Waals surface area contributed by atoms with Crippen LogP contribution in [0.15, 0.2) is 48.5 Å². The van der Waals surface area contributed by atoms with Gasteiger partial charge in [-0.3, -0.25) is 14.6 Å². The summed E-state index contributed by atoms with van der Waals surface area (Å²) >= 11 is 1.76. The van der Waals surface area contributed by atoms with E-state index in [1.807, 2.05) is 17.0 Å². The van der Waals surface area contributed by atoms with Crippen LogP contribution in [-0.4, -0.2) is 64.4 Å². The van der Waals surface area contributed by atoms with Crippen molar-refractivity contribution in [3.8, 4) is 0 Å². The number of rotatable bonds is 7. The van der Waals surface area contributed by atoms with E-state index in [0.29, 0.717) is 18.7 Å². The number of carbonyl (C=O) groups is 1. The van der Waals surface area contributed by atoms with Gasteiger partial charge in [-0.1, -0.05) is 30.3 Å². The first-order chi connectivity index (χ1) is 15.2. The van der Waals surface area contributed by atoms with Crippen molar-refractivity contribution in [3.05, 3.63) is 64.9 Å². The molecule has 162 valence electrons. The Morgan fingerprint density at radius 3 is 2.48 bits per heavy atom. The van der Waals surface area contributed by atoms with E-state index in [0.717, 1.165) is 56.1 Å². The predicted molar refractivity (Wildman–Crippen MR) is 121 cm³/mol. The van der Waals surface area contributed by atoms with Gasteiger partial charge in [0.05, 0.1) is 23.3 Å². The lowest BCUT2D eigenvalue weighted by molar-refractivity contribution is -0.134. The lowest BCUT2D eigenvalue weighted by Crippen LogP contribution is -2.50. The molecule has 5 nitrogen and oxygen atoms in total. The molecular weight excluding hydrogens is 411 g/mol. The van der Waals surface area contributed by atoms with Crippen molar-refractivity contribution < 1.29 is 9.18 Å². The highest BCUT2D eigenvalue weighted by atomic mass is 32.1. The average molecular weight is 439 g/mol. The highest BCUT2D eigenvalue weighted by molar-refractivity contribution is 7.18. The van der Waals surface area contributed by atoms with Crippen LogP contribution in [0, 0.1) is 5.82 Å². The zero-order valence-corrected chi connectivity index (χ0v) is 18.4. The molecule has 2 fully saturated rings. The third-order valence-electron chi connectivity index (χ3n) is 6.13. The number of benzene rings is 2. The molecule has 31 heavy (non-hydrogen) atoms. The second kappa shape index (κ2) is 9.02. The number of hydrogen-bond donors (Lipinski definition) is 0. The van der Waals surface area contributed by atoms with Crippen molar-refractivity contribution in [1.82, 2.24) is 19.7 Å². The summed E-state index contributed by atoms with van der Waals surface area (Å²) in [5.74, 6) is -0.116. The number of thiazole rings is 1. The number of nitrogens with zero attached hydrogens (tertiary/aromatic N) is 4. The lowest BCUT2D eigenvalue weighted by atomic mass is 10.2. The molecule has 2 aromatic carbocycles. The molecular formula is C24H27FN4OS. The Labute approximate surface area is 186 Å². The smallest absolute Gasteiger partial charge is 0.237 e. The predicted octanol–water partition coefficient (Wildman–Crippen LogP) is 3.74. The summed E-state index contributed by atoms with van der Waals surface area (Å²) in [6, 6.07) is 15.3. The third-order valence-corrected chi connectivity index (χ3v) is 7.15. The Balaban J connectivity index is 1.14. The number of carbonyl (C=O) groups excluding carboxylic acids is 1. The van der Waals surface area contributed by atoms with Crippen molar-refractivity contribution in [2.45, 2.75) is 32.0 Å². The van der Waals surface area contributed by atoms with Gasteiger partial charge >= 0.3 is 0 Å². The second-order valence-electron chi connectivity index (χ2n) is 8.47. The first-order valence-corrected chi connectivity index (χ1v) is 11.8. The molecule has 1 amide bonds. The maximum absolute atomic E-state index is 14.1. The molecule has 0 N–H and O–H groups in total. The lowest BCUT2D eigenvalue weighted by Gasteiger charge is -2.35. The molecule has 1 saturated heterocycles. The van der Waals surface area contributed by atoms with Crippen LogP contribution in [0.3, 0.4) is 0 Å². The van der Waals surface area contributed by atoms with E-state index in [4.69, 9.17) is 4.98 Å². The third kappa shape index (κ3) is 4.95. The molecule has 3 aromatic rings. The molecule has 0 atom stereocenters. The summed E-state index contributed by atoms with van der Waals surface area (Å²) in [7, 11) is 0. The minimum absolute atomic E-state index is 0.116. The first kappa shape index (κ1) is 20.5. The minimum atomic E-state index is -0.232. The van der Waals surface area contributed by atoms with E-state index in [2.05, 4.69) is 28.0 Å². The van der Waals surface area contributed by atoms with Gasteiger partial charge < -0.3 is 4.90 Å². The topological polar surface area (TPSA) is 39.7 Å². The molecule has 7 heteroatoms. The van der Waals surface area contributed by atoms with Crippen LogP contribution in [0.1, 0.15) is 23.4 Å². The van der Waals surface area contributed by atoms with Crippen LogP contribution in [-0.2, 0) is 17.9 Å².